The number of esters is 1. The number of carbonyl (C=O) groups is 2. The fourth-order valence-corrected chi connectivity index (χ4v) is 4.25. The molecule has 1 saturated heterocycles. The summed E-state index contributed by atoms with van der Waals surface area (Å²) in [4.78, 5) is 27.4. The van der Waals surface area contributed by atoms with Crippen LogP contribution < -0.4 is 5.32 Å². The molecule has 160 valence electrons. The lowest BCUT2D eigenvalue weighted by Gasteiger charge is -2.36. The van der Waals surface area contributed by atoms with Gasteiger partial charge in [-0.1, -0.05) is 26.8 Å². The first-order chi connectivity index (χ1) is 13.4. The van der Waals surface area contributed by atoms with Crippen LogP contribution in [0.25, 0.3) is 0 Å². The molecule has 1 heterocycles. The van der Waals surface area contributed by atoms with Gasteiger partial charge in [0.25, 0.3) is 0 Å². The largest absolute Gasteiger partial charge is 0.467 e. The minimum Gasteiger partial charge on any atom is -0.467 e. The summed E-state index contributed by atoms with van der Waals surface area (Å²) < 4.78 is 44.1. The number of benzene rings is 1. The predicted molar refractivity (Wildman–Crippen MR) is 102 cm³/mol. The normalized spacial score (nSPS) is 25.1. The standard InChI is InChI=1S/C21H27F3N2O3/c1-20(2,3)17(25-14-7-5-6-13(10-14)21(22,23)24)18(27)26-11-12-8-9-15(12)16(26)19(28)29-4/h5-7,10,12,15-17,25H,8-9,11H2,1-4H3/t12-,15?,16-,17+/m0/s1. The summed E-state index contributed by atoms with van der Waals surface area (Å²) in [5, 5.41) is 2.99. The zero-order chi connectivity index (χ0) is 21.6. The van der Waals surface area contributed by atoms with Gasteiger partial charge in [-0.15, -0.1) is 0 Å². The SMILES string of the molecule is COC(=O)[C@@H]1C2CC[C@H]2CN1C(=O)[C@@H](Nc1cccc(C(F)(F)F)c1)C(C)(C)C. The van der Waals surface area contributed by atoms with Crippen LogP contribution in [0.4, 0.5) is 18.9 Å². The van der Waals surface area contributed by atoms with E-state index in [2.05, 4.69) is 5.32 Å². The van der Waals surface area contributed by atoms with Crippen molar-refractivity contribution in [2.45, 2.75) is 51.9 Å². The average Bonchev–Trinajstić information content (AvgIpc) is 2.87. The Kier molecular flexibility index (Phi) is 5.58. The first kappa shape index (κ1) is 21.5. The molecule has 8 heteroatoms. The second kappa shape index (κ2) is 7.54. The van der Waals surface area contributed by atoms with Gasteiger partial charge in [0.15, 0.2) is 0 Å². The van der Waals surface area contributed by atoms with E-state index in [9.17, 15) is 22.8 Å². The van der Waals surface area contributed by atoms with Gasteiger partial charge in [0, 0.05) is 12.2 Å². The minimum atomic E-state index is -4.47. The fourth-order valence-electron chi connectivity index (χ4n) is 4.25. The van der Waals surface area contributed by atoms with Gasteiger partial charge in [-0.05, 0) is 48.3 Å². The molecular weight excluding hydrogens is 385 g/mol. The molecule has 3 rings (SSSR count). The van der Waals surface area contributed by atoms with Crippen LogP contribution in [0.1, 0.15) is 39.2 Å². The topological polar surface area (TPSA) is 58.6 Å². The van der Waals surface area contributed by atoms with Crippen molar-refractivity contribution in [2.24, 2.45) is 17.3 Å². The quantitative estimate of drug-likeness (QED) is 0.761. The summed E-state index contributed by atoms with van der Waals surface area (Å²) in [6.07, 6.45) is -2.64. The highest BCUT2D eigenvalue weighted by atomic mass is 19.4. The lowest BCUT2D eigenvalue weighted by molar-refractivity contribution is -0.153. The van der Waals surface area contributed by atoms with Crippen LogP contribution in [0.15, 0.2) is 24.3 Å². The number of hydrogen-bond acceptors (Lipinski definition) is 4. The summed E-state index contributed by atoms with van der Waals surface area (Å²) in [7, 11) is 1.30. The van der Waals surface area contributed by atoms with E-state index in [0.717, 1.165) is 25.0 Å². The Morgan fingerprint density at radius 3 is 2.41 bits per heavy atom. The van der Waals surface area contributed by atoms with E-state index in [0.29, 0.717) is 6.54 Å². The smallest absolute Gasteiger partial charge is 0.416 e. The zero-order valence-electron chi connectivity index (χ0n) is 17.0. The average molecular weight is 412 g/mol. The molecular formula is C21H27F3N2O3. The number of fused-ring (bicyclic) bond motifs is 1. The maximum Gasteiger partial charge on any atom is 0.416 e. The molecule has 0 bridgehead atoms. The van der Waals surface area contributed by atoms with E-state index >= 15 is 0 Å². The van der Waals surface area contributed by atoms with Gasteiger partial charge < -0.3 is 15.0 Å². The van der Waals surface area contributed by atoms with Crippen molar-refractivity contribution in [3.8, 4) is 0 Å². The lowest BCUT2D eigenvalue weighted by Crippen LogP contribution is -2.53. The van der Waals surface area contributed by atoms with Crippen molar-refractivity contribution in [2.75, 3.05) is 19.0 Å². The number of rotatable bonds is 4. The number of nitrogens with one attached hydrogen (secondary N) is 1. The molecule has 4 atom stereocenters. The molecule has 1 aromatic rings. The second-order valence-electron chi connectivity index (χ2n) is 8.98. The summed E-state index contributed by atoms with van der Waals surface area (Å²) in [6.45, 7) is 6.00. The molecule has 0 aromatic heterocycles. The maximum absolute atomic E-state index is 13.5. The molecule has 1 aliphatic carbocycles. The Hall–Kier alpha value is -2.25. The van der Waals surface area contributed by atoms with Crippen molar-refractivity contribution in [1.29, 1.82) is 0 Å². The molecule has 0 radical (unpaired) electrons. The van der Waals surface area contributed by atoms with Crippen LogP contribution >= 0.6 is 0 Å². The highest BCUT2D eigenvalue weighted by Crippen LogP contribution is 2.46. The molecule has 1 amide bonds. The van der Waals surface area contributed by atoms with Crippen molar-refractivity contribution in [3.05, 3.63) is 29.8 Å². The summed E-state index contributed by atoms with van der Waals surface area (Å²) in [5.74, 6) is -0.352. The van der Waals surface area contributed by atoms with Gasteiger partial charge in [-0.2, -0.15) is 13.2 Å². The number of hydrogen-bond donors (Lipinski definition) is 1. The van der Waals surface area contributed by atoms with E-state index in [4.69, 9.17) is 4.74 Å². The third-order valence-electron chi connectivity index (χ3n) is 5.99. The van der Waals surface area contributed by atoms with Crippen LogP contribution in [0.3, 0.4) is 0 Å². The first-order valence-electron chi connectivity index (χ1n) is 9.75. The van der Waals surface area contributed by atoms with Crippen LogP contribution in [-0.2, 0) is 20.5 Å². The van der Waals surface area contributed by atoms with Crippen LogP contribution in [-0.4, -0.2) is 42.5 Å². The van der Waals surface area contributed by atoms with Crippen molar-refractivity contribution in [3.63, 3.8) is 0 Å². The summed E-state index contributed by atoms with van der Waals surface area (Å²) in [6, 6.07) is 3.38. The van der Waals surface area contributed by atoms with Gasteiger partial charge in [0.1, 0.15) is 12.1 Å². The van der Waals surface area contributed by atoms with E-state index in [1.807, 2.05) is 20.8 Å². The number of halogens is 3. The monoisotopic (exact) mass is 412 g/mol. The number of ether oxygens (including phenoxy) is 1. The van der Waals surface area contributed by atoms with E-state index < -0.39 is 35.2 Å². The second-order valence-corrected chi connectivity index (χ2v) is 8.98. The molecule has 2 fully saturated rings. The number of likely N-dealkylation sites (tertiary alicyclic amines) is 1. The molecule has 1 unspecified atom stereocenters. The molecule has 1 saturated carbocycles. The predicted octanol–water partition coefficient (Wildman–Crippen LogP) is 3.94. The summed E-state index contributed by atoms with van der Waals surface area (Å²) >= 11 is 0. The Morgan fingerprint density at radius 1 is 1.21 bits per heavy atom. The number of methoxy groups -OCH3 is 1. The number of carbonyl (C=O) groups excluding carboxylic acids is 2. The van der Waals surface area contributed by atoms with Crippen molar-refractivity contribution >= 4 is 17.6 Å². The number of alkyl halides is 3. The Labute approximate surface area is 168 Å². The highest BCUT2D eigenvalue weighted by molar-refractivity contribution is 5.91. The highest BCUT2D eigenvalue weighted by Gasteiger charge is 2.54. The third kappa shape index (κ3) is 4.21. The van der Waals surface area contributed by atoms with Crippen LogP contribution in [0.2, 0.25) is 0 Å². The summed E-state index contributed by atoms with van der Waals surface area (Å²) in [5.41, 5.74) is -1.16. The van der Waals surface area contributed by atoms with Crippen molar-refractivity contribution < 1.29 is 27.5 Å². The molecule has 2 aliphatic rings. The molecule has 5 nitrogen and oxygen atoms in total. The van der Waals surface area contributed by atoms with E-state index in [-0.39, 0.29) is 23.4 Å². The van der Waals surface area contributed by atoms with Crippen LogP contribution in [0.5, 0.6) is 0 Å². The number of anilines is 1. The molecule has 1 aromatic carbocycles. The van der Waals surface area contributed by atoms with E-state index in [1.54, 1.807) is 4.90 Å². The molecule has 0 spiro atoms. The van der Waals surface area contributed by atoms with Gasteiger partial charge in [-0.25, -0.2) is 4.79 Å². The first-order valence-corrected chi connectivity index (χ1v) is 9.75. The number of amides is 1. The van der Waals surface area contributed by atoms with Crippen molar-refractivity contribution in [1.82, 2.24) is 4.90 Å². The fraction of sp³-hybridized carbons (Fsp3) is 0.619. The van der Waals surface area contributed by atoms with Gasteiger partial charge >= 0.3 is 12.1 Å². The zero-order valence-corrected chi connectivity index (χ0v) is 17.0. The minimum absolute atomic E-state index is 0.0978. The Balaban J connectivity index is 1.88. The lowest BCUT2D eigenvalue weighted by atomic mass is 9.73. The third-order valence-corrected chi connectivity index (χ3v) is 5.99. The van der Waals surface area contributed by atoms with Crippen LogP contribution in [0, 0.1) is 17.3 Å². The van der Waals surface area contributed by atoms with E-state index in [1.165, 1.54) is 19.2 Å². The van der Waals surface area contributed by atoms with Gasteiger partial charge in [0.05, 0.1) is 12.7 Å². The molecule has 1 aliphatic heterocycles. The van der Waals surface area contributed by atoms with Gasteiger partial charge in [0.2, 0.25) is 5.91 Å². The number of nitrogens with zero attached hydrogens (tertiary/aromatic N) is 1. The Morgan fingerprint density at radius 2 is 1.90 bits per heavy atom. The maximum atomic E-state index is 13.5. The molecule has 29 heavy (non-hydrogen) atoms. The molecule has 1 N–H and O–H groups in total. The Bertz CT molecular complexity index is 788. The van der Waals surface area contributed by atoms with Gasteiger partial charge in [-0.3, -0.25) is 4.79 Å².